The Balaban J connectivity index is 1.71. The Morgan fingerprint density at radius 1 is 1.30 bits per heavy atom. The summed E-state index contributed by atoms with van der Waals surface area (Å²) in [6.45, 7) is 2.04. The molecule has 1 aromatic carbocycles. The van der Waals surface area contributed by atoms with Crippen LogP contribution in [0.4, 0.5) is 5.69 Å². The number of anilines is 1. The van der Waals surface area contributed by atoms with Gasteiger partial charge in [-0.3, -0.25) is 4.79 Å². The van der Waals surface area contributed by atoms with Crippen molar-refractivity contribution in [1.29, 1.82) is 0 Å². The highest BCUT2D eigenvalue weighted by atomic mass is 32.2. The molecule has 0 bridgehead atoms. The second-order valence-electron chi connectivity index (χ2n) is 5.46. The Kier molecular flexibility index (Phi) is 4.18. The molecule has 3 rings (SSSR count). The summed E-state index contributed by atoms with van der Waals surface area (Å²) in [5, 5.41) is 7.10. The van der Waals surface area contributed by atoms with Gasteiger partial charge in [0.05, 0.1) is 35.6 Å². The van der Waals surface area contributed by atoms with Crippen molar-refractivity contribution < 1.29 is 13.2 Å². The smallest absolute Gasteiger partial charge is 0.239 e. The zero-order chi connectivity index (χ0) is 16.4. The number of para-hydroxylation sites is 1. The lowest BCUT2D eigenvalue weighted by Crippen LogP contribution is -2.34. The fourth-order valence-electron chi connectivity index (χ4n) is 2.51. The van der Waals surface area contributed by atoms with E-state index in [1.165, 1.54) is 4.31 Å². The molecule has 1 aliphatic heterocycles. The van der Waals surface area contributed by atoms with E-state index in [0.717, 1.165) is 5.69 Å². The van der Waals surface area contributed by atoms with Crippen molar-refractivity contribution in [3.8, 4) is 5.69 Å². The Morgan fingerprint density at radius 3 is 2.70 bits per heavy atom. The third-order valence-corrected chi connectivity index (χ3v) is 5.62. The van der Waals surface area contributed by atoms with E-state index in [-0.39, 0.29) is 18.2 Å². The molecule has 0 saturated carbocycles. The predicted molar refractivity (Wildman–Crippen MR) is 86.9 cm³/mol. The van der Waals surface area contributed by atoms with Crippen LogP contribution in [0.3, 0.4) is 0 Å². The first-order valence-corrected chi connectivity index (χ1v) is 8.96. The maximum atomic E-state index is 12.1. The molecule has 8 heteroatoms. The van der Waals surface area contributed by atoms with E-state index in [1.807, 2.05) is 30.3 Å². The second-order valence-corrected chi connectivity index (χ2v) is 7.55. The zero-order valence-electron chi connectivity index (χ0n) is 12.8. The minimum Gasteiger partial charge on any atom is -0.322 e. The number of nitrogens with zero attached hydrogens (tertiary/aromatic N) is 3. The van der Waals surface area contributed by atoms with Gasteiger partial charge in [-0.05, 0) is 25.5 Å². The number of hydrogen-bond acceptors (Lipinski definition) is 4. The molecule has 1 N–H and O–H groups in total. The van der Waals surface area contributed by atoms with E-state index in [4.69, 9.17) is 0 Å². The quantitative estimate of drug-likeness (QED) is 0.909. The van der Waals surface area contributed by atoms with E-state index in [2.05, 4.69) is 10.4 Å². The number of aryl methyl sites for hydroxylation is 1. The lowest BCUT2D eigenvalue weighted by molar-refractivity contribution is -0.116. The van der Waals surface area contributed by atoms with Gasteiger partial charge in [-0.1, -0.05) is 18.2 Å². The van der Waals surface area contributed by atoms with Crippen molar-refractivity contribution in [2.75, 3.05) is 24.2 Å². The maximum Gasteiger partial charge on any atom is 0.239 e. The minimum atomic E-state index is -3.27. The molecule has 7 nitrogen and oxygen atoms in total. The fraction of sp³-hybridized carbons (Fsp3) is 0.333. The van der Waals surface area contributed by atoms with Gasteiger partial charge in [0.25, 0.3) is 0 Å². The minimum absolute atomic E-state index is 0.116. The average molecular weight is 334 g/mol. The molecule has 0 atom stereocenters. The lowest BCUT2D eigenvalue weighted by Gasteiger charge is -2.13. The summed E-state index contributed by atoms with van der Waals surface area (Å²) in [7, 11) is -3.27. The van der Waals surface area contributed by atoms with E-state index >= 15 is 0 Å². The SMILES string of the molecule is Cc1nn(-c2ccccc2)cc1NC(=O)CN1CCCS1(=O)=O. The fourth-order valence-corrected chi connectivity index (χ4v) is 3.99. The van der Waals surface area contributed by atoms with Crippen LogP contribution < -0.4 is 5.32 Å². The van der Waals surface area contributed by atoms with E-state index in [1.54, 1.807) is 17.8 Å². The van der Waals surface area contributed by atoms with Gasteiger partial charge in [0.1, 0.15) is 0 Å². The number of rotatable bonds is 4. The highest BCUT2D eigenvalue weighted by molar-refractivity contribution is 7.89. The van der Waals surface area contributed by atoms with Gasteiger partial charge in [-0.25, -0.2) is 13.1 Å². The third-order valence-electron chi connectivity index (χ3n) is 3.72. The zero-order valence-corrected chi connectivity index (χ0v) is 13.6. The van der Waals surface area contributed by atoms with Crippen molar-refractivity contribution in [3.05, 3.63) is 42.2 Å². The molecule has 0 radical (unpaired) electrons. The molecule has 2 aromatic rings. The number of carbonyl (C=O) groups is 1. The third kappa shape index (κ3) is 3.43. The molecule has 1 aliphatic rings. The molecule has 1 aromatic heterocycles. The summed E-state index contributed by atoms with van der Waals surface area (Å²) >= 11 is 0. The van der Waals surface area contributed by atoms with Gasteiger partial charge in [0.2, 0.25) is 15.9 Å². The first-order chi connectivity index (χ1) is 11.0. The van der Waals surface area contributed by atoms with Crippen LogP contribution in [-0.2, 0) is 14.8 Å². The molecular formula is C15H18N4O3S. The van der Waals surface area contributed by atoms with Gasteiger partial charge in [0.15, 0.2) is 0 Å². The van der Waals surface area contributed by atoms with E-state index < -0.39 is 10.0 Å². The van der Waals surface area contributed by atoms with Gasteiger partial charge < -0.3 is 5.32 Å². The molecule has 23 heavy (non-hydrogen) atoms. The largest absolute Gasteiger partial charge is 0.322 e. The van der Waals surface area contributed by atoms with Crippen molar-refractivity contribution in [2.45, 2.75) is 13.3 Å². The molecule has 0 aliphatic carbocycles. The van der Waals surface area contributed by atoms with Crippen LogP contribution in [0.15, 0.2) is 36.5 Å². The normalized spacial score (nSPS) is 17.3. The van der Waals surface area contributed by atoms with E-state index in [0.29, 0.717) is 24.3 Å². The van der Waals surface area contributed by atoms with E-state index in [9.17, 15) is 13.2 Å². The Bertz CT molecular complexity index is 815. The molecular weight excluding hydrogens is 316 g/mol. The van der Waals surface area contributed by atoms with Crippen molar-refractivity contribution in [2.24, 2.45) is 0 Å². The lowest BCUT2D eigenvalue weighted by atomic mass is 10.3. The molecule has 0 spiro atoms. The van der Waals surface area contributed by atoms with Crippen LogP contribution in [0.1, 0.15) is 12.1 Å². The first kappa shape index (κ1) is 15.7. The second kappa shape index (κ2) is 6.13. The summed E-state index contributed by atoms with van der Waals surface area (Å²) in [6.07, 6.45) is 2.29. The number of benzene rings is 1. The molecule has 122 valence electrons. The number of sulfonamides is 1. The van der Waals surface area contributed by atoms with Crippen LogP contribution in [0.5, 0.6) is 0 Å². The Morgan fingerprint density at radius 2 is 2.04 bits per heavy atom. The van der Waals surface area contributed by atoms with Crippen molar-refractivity contribution in [3.63, 3.8) is 0 Å². The highest BCUT2D eigenvalue weighted by Crippen LogP contribution is 2.17. The standard InChI is InChI=1S/C15H18N4O3S/c1-12-14(10-19(17-12)13-6-3-2-4-7-13)16-15(20)11-18-8-5-9-23(18,21)22/h2-4,6-7,10H,5,8-9,11H2,1H3,(H,16,20). The highest BCUT2D eigenvalue weighted by Gasteiger charge is 2.29. The maximum absolute atomic E-state index is 12.1. The number of nitrogens with one attached hydrogen (secondary N) is 1. The summed E-state index contributed by atoms with van der Waals surface area (Å²) in [5.41, 5.74) is 2.14. The summed E-state index contributed by atoms with van der Waals surface area (Å²) in [6, 6.07) is 9.55. The average Bonchev–Trinajstić information content (AvgIpc) is 3.03. The van der Waals surface area contributed by atoms with Crippen LogP contribution >= 0.6 is 0 Å². The number of carbonyl (C=O) groups excluding carboxylic acids is 1. The summed E-state index contributed by atoms with van der Waals surface area (Å²) in [4.78, 5) is 12.1. The Hall–Kier alpha value is -2.19. The van der Waals surface area contributed by atoms with Crippen LogP contribution in [0.25, 0.3) is 5.69 Å². The Labute approximate surface area is 135 Å². The molecule has 1 saturated heterocycles. The topological polar surface area (TPSA) is 84.3 Å². The van der Waals surface area contributed by atoms with Crippen molar-refractivity contribution in [1.82, 2.24) is 14.1 Å². The molecule has 1 amide bonds. The molecule has 2 heterocycles. The number of aromatic nitrogens is 2. The first-order valence-electron chi connectivity index (χ1n) is 7.35. The van der Waals surface area contributed by atoms with Gasteiger partial charge in [0, 0.05) is 6.54 Å². The van der Waals surface area contributed by atoms with Crippen molar-refractivity contribution >= 4 is 21.6 Å². The van der Waals surface area contributed by atoms with Crippen LogP contribution in [-0.4, -0.2) is 47.3 Å². The van der Waals surface area contributed by atoms with Crippen LogP contribution in [0, 0.1) is 6.92 Å². The number of hydrogen-bond donors (Lipinski definition) is 1. The molecule has 0 unspecified atom stereocenters. The predicted octanol–water partition coefficient (Wildman–Crippen LogP) is 1.15. The summed E-state index contributed by atoms with van der Waals surface area (Å²) < 4.78 is 26.4. The van der Waals surface area contributed by atoms with Crippen LogP contribution in [0.2, 0.25) is 0 Å². The van der Waals surface area contributed by atoms with Gasteiger partial charge in [-0.15, -0.1) is 0 Å². The summed E-state index contributed by atoms with van der Waals surface area (Å²) in [5.74, 6) is -0.239. The van der Waals surface area contributed by atoms with Gasteiger partial charge >= 0.3 is 0 Å². The van der Waals surface area contributed by atoms with Gasteiger partial charge in [-0.2, -0.15) is 9.40 Å². The number of amides is 1. The monoisotopic (exact) mass is 334 g/mol. The molecule has 1 fully saturated rings.